The Labute approximate surface area is 161 Å². The van der Waals surface area contributed by atoms with Gasteiger partial charge in [-0.1, -0.05) is 0 Å². The van der Waals surface area contributed by atoms with Crippen molar-refractivity contribution >= 4 is 23.7 Å². The van der Waals surface area contributed by atoms with E-state index in [1.54, 1.807) is 36.4 Å². The topological polar surface area (TPSA) is 107 Å². The molecule has 2 N–H and O–H groups in total. The summed E-state index contributed by atoms with van der Waals surface area (Å²) in [6.07, 6.45) is 1.40. The van der Waals surface area contributed by atoms with E-state index in [1.807, 2.05) is 0 Å². The lowest BCUT2D eigenvalue weighted by Crippen LogP contribution is -2.32. The summed E-state index contributed by atoms with van der Waals surface area (Å²) in [7, 11) is 2.95. The molecule has 0 aromatic heterocycles. The monoisotopic (exact) mass is 385 g/mol. The molecule has 2 amide bonds. The van der Waals surface area contributed by atoms with Crippen molar-refractivity contribution in [1.29, 1.82) is 0 Å². The zero-order chi connectivity index (χ0) is 19.9. The SMILES string of the molecule is COc1ccc(OC)c(NC(=O)C(=O)N/N=C\c2ccc3c(c2)OCCO3)c1. The first-order valence-electron chi connectivity index (χ1n) is 8.37. The molecule has 0 unspecified atom stereocenters. The maximum absolute atomic E-state index is 12.1. The minimum atomic E-state index is -0.932. The molecule has 2 aromatic rings. The minimum Gasteiger partial charge on any atom is -0.497 e. The molecule has 0 saturated heterocycles. The molecule has 2 aromatic carbocycles. The number of nitrogens with zero attached hydrogens (tertiary/aromatic N) is 1. The van der Waals surface area contributed by atoms with Gasteiger partial charge in [-0.3, -0.25) is 9.59 Å². The van der Waals surface area contributed by atoms with Crippen LogP contribution < -0.4 is 29.7 Å². The van der Waals surface area contributed by atoms with Gasteiger partial charge in [-0.05, 0) is 35.9 Å². The third kappa shape index (κ3) is 4.50. The maximum atomic E-state index is 12.1. The van der Waals surface area contributed by atoms with Crippen LogP contribution in [-0.4, -0.2) is 45.5 Å². The van der Waals surface area contributed by atoms with Crippen LogP contribution in [0, 0.1) is 0 Å². The van der Waals surface area contributed by atoms with Crippen molar-refractivity contribution in [2.24, 2.45) is 5.10 Å². The number of carbonyl (C=O) groups is 2. The molecule has 1 aliphatic rings. The smallest absolute Gasteiger partial charge is 0.329 e. The molecule has 0 aliphatic carbocycles. The second kappa shape index (κ2) is 8.76. The van der Waals surface area contributed by atoms with E-state index in [9.17, 15) is 9.59 Å². The van der Waals surface area contributed by atoms with Crippen molar-refractivity contribution in [3.05, 3.63) is 42.0 Å². The Bertz CT molecular complexity index is 913. The van der Waals surface area contributed by atoms with E-state index < -0.39 is 11.8 Å². The van der Waals surface area contributed by atoms with Gasteiger partial charge in [-0.2, -0.15) is 5.10 Å². The maximum Gasteiger partial charge on any atom is 0.329 e. The van der Waals surface area contributed by atoms with E-state index in [-0.39, 0.29) is 0 Å². The van der Waals surface area contributed by atoms with Gasteiger partial charge in [0.2, 0.25) is 0 Å². The molecule has 0 radical (unpaired) electrons. The number of hydrogen-bond donors (Lipinski definition) is 2. The second-order valence-electron chi connectivity index (χ2n) is 5.62. The number of benzene rings is 2. The summed E-state index contributed by atoms with van der Waals surface area (Å²) in [6.45, 7) is 0.974. The second-order valence-corrected chi connectivity index (χ2v) is 5.62. The fourth-order valence-electron chi connectivity index (χ4n) is 2.45. The molecular weight excluding hydrogens is 366 g/mol. The van der Waals surface area contributed by atoms with E-state index in [2.05, 4.69) is 15.8 Å². The Hall–Kier alpha value is -3.75. The number of nitrogens with one attached hydrogen (secondary N) is 2. The molecular formula is C19H19N3O6. The van der Waals surface area contributed by atoms with Gasteiger partial charge in [0, 0.05) is 6.07 Å². The molecule has 1 aliphatic heterocycles. The Morgan fingerprint density at radius 2 is 1.79 bits per heavy atom. The van der Waals surface area contributed by atoms with Crippen molar-refractivity contribution in [2.45, 2.75) is 0 Å². The zero-order valence-electron chi connectivity index (χ0n) is 15.4. The third-order valence-corrected chi connectivity index (χ3v) is 3.81. The fourth-order valence-corrected chi connectivity index (χ4v) is 2.45. The minimum absolute atomic E-state index is 0.304. The summed E-state index contributed by atoms with van der Waals surface area (Å²) in [5.74, 6) is 0.322. The molecule has 146 valence electrons. The van der Waals surface area contributed by atoms with Crippen LogP contribution in [0.5, 0.6) is 23.0 Å². The zero-order valence-corrected chi connectivity index (χ0v) is 15.4. The Morgan fingerprint density at radius 1 is 1.00 bits per heavy atom. The predicted molar refractivity (Wildman–Crippen MR) is 101 cm³/mol. The first-order valence-corrected chi connectivity index (χ1v) is 8.37. The van der Waals surface area contributed by atoms with Gasteiger partial charge in [0.25, 0.3) is 0 Å². The molecule has 28 heavy (non-hydrogen) atoms. The normalized spacial score (nSPS) is 12.4. The summed E-state index contributed by atoms with van der Waals surface area (Å²) >= 11 is 0. The lowest BCUT2D eigenvalue weighted by molar-refractivity contribution is -0.136. The van der Waals surface area contributed by atoms with Crippen molar-refractivity contribution < 1.29 is 28.5 Å². The average Bonchev–Trinajstić information content (AvgIpc) is 2.73. The van der Waals surface area contributed by atoms with Gasteiger partial charge in [0.05, 0.1) is 26.1 Å². The number of anilines is 1. The van der Waals surface area contributed by atoms with Crippen LogP contribution in [0.2, 0.25) is 0 Å². The van der Waals surface area contributed by atoms with E-state index in [0.29, 0.717) is 47.5 Å². The first kappa shape index (κ1) is 19.0. The van der Waals surface area contributed by atoms with E-state index in [1.165, 1.54) is 20.4 Å². The Balaban J connectivity index is 1.60. The van der Waals surface area contributed by atoms with Gasteiger partial charge < -0.3 is 24.3 Å². The number of methoxy groups -OCH3 is 2. The molecule has 0 fully saturated rings. The van der Waals surface area contributed by atoms with Crippen molar-refractivity contribution in [3.63, 3.8) is 0 Å². The highest BCUT2D eigenvalue weighted by Gasteiger charge is 2.16. The summed E-state index contributed by atoms with van der Waals surface area (Å²) in [4.78, 5) is 24.1. The molecule has 1 heterocycles. The van der Waals surface area contributed by atoms with E-state index in [4.69, 9.17) is 18.9 Å². The van der Waals surface area contributed by atoms with Gasteiger partial charge in [-0.25, -0.2) is 5.43 Å². The lowest BCUT2D eigenvalue weighted by atomic mass is 10.2. The highest BCUT2D eigenvalue weighted by Crippen LogP contribution is 2.30. The number of rotatable bonds is 5. The fraction of sp³-hybridized carbons (Fsp3) is 0.211. The van der Waals surface area contributed by atoms with Crippen molar-refractivity contribution in [2.75, 3.05) is 32.8 Å². The number of carbonyl (C=O) groups excluding carboxylic acids is 2. The average molecular weight is 385 g/mol. The molecule has 9 heteroatoms. The molecule has 0 atom stereocenters. The predicted octanol–water partition coefficient (Wildman–Crippen LogP) is 1.56. The van der Waals surface area contributed by atoms with Crippen molar-refractivity contribution in [3.8, 4) is 23.0 Å². The molecule has 0 saturated carbocycles. The summed E-state index contributed by atoms with van der Waals surface area (Å²) in [6, 6.07) is 10.1. The summed E-state index contributed by atoms with van der Waals surface area (Å²) in [5, 5.41) is 6.25. The number of hydrazone groups is 1. The van der Waals surface area contributed by atoms with Crippen LogP contribution in [0.3, 0.4) is 0 Å². The van der Waals surface area contributed by atoms with Crippen LogP contribution in [0.1, 0.15) is 5.56 Å². The molecule has 0 spiro atoms. The number of ether oxygens (including phenoxy) is 4. The largest absolute Gasteiger partial charge is 0.497 e. The van der Waals surface area contributed by atoms with Gasteiger partial charge >= 0.3 is 11.8 Å². The molecule has 3 rings (SSSR count). The van der Waals surface area contributed by atoms with Crippen LogP contribution >= 0.6 is 0 Å². The lowest BCUT2D eigenvalue weighted by Gasteiger charge is -2.18. The van der Waals surface area contributed by atoms with Gasteiger partial charge in [0.15, 0.2) is 11.5 Å². The number of amides is 2. The highest BCUT2D eigenvalue weighted by atomic mass is 16.6. The van der Waals surface area contributed by atoms with Gasteiger partial charge in [0.1, 0.15) is 24.7 Å². The molecule has 0 bridgehead atoms. The van der Waals surface area contributed by atoms with Crippen molar-refractivity contribution in [1.82, 2.24) is 5.43 Å². The number of hydrogen-bond acceptors (Lipinski definition) is 7. The standard InChI is InChI=1S/C19H19N3O6/c1-25-13-4-6-15(26-2)14(10-13)21-18(23)19(24)22-20-11-12-3-5-16-17(9-12)28-8-7-27-16/h3-6,9-11H,7-8H2,1-2H3,(H,21,23)(H,22,24)/b20-11-. The summed E-state index contributed by atoms with van der Waals surface area (Å²) in [5.41, 5.74) is 3.16. The van der Waals surface area contributed by atoms with Crippen LogP contribution in [-0.2, 0) is 9.59 Å². The third-order valence-electron chi connectivity index (χ3n) is 3.81. The van der Waals surface area contributed by atoms with E-state index >= 15 is 0 Å². The van der Waals surface area contributed by atoms with Crippen LogP contribution in [0.25, 0.3) is 0 Å². The quantitative estimate of drug-likeness (QED) is 0.460. The highest BCUT2D eigenvalue weighted by molar-refractivity contribution is 6.39. The number of fused-ring (bicyclic) bond motifs is 1. The molecule has 9 nitrogen and oxygen atoms in total. The van der Waals surface area contributed by atoms with Crippen LogP contribution in [0.4, 0.5) is 5.69 Å². The first-order chi connectivity index (χ1) is 13.6. The summed E-state index contributed by atoms with van der Waals surface area (Å²) < 4.78 is 21.2. The Kier molecular flexibility index (Phi) is 5.95. The van der Waals surface area contributed by atoms with Crippen LogP contribution in [0.15, 0.2) is 41.5 Å². The van der Waals surface area contributed by atoms with Gasteiger partial charge in [-0.15, -0.1) is 0 Å². The van der Waals surface area contributed by atoms with E-state index in [0.717, 1.165) is 0 Å². The Morgan fingerprint density at radius 3 is 2.54 bits per heavy atom.